The van der Waals surface area contributed by atoms with Crippen LogP contribution in [0, 0.1) is 0 Å². The number of primary amides is 1. The van der Waals surface area contributed by atoms with Gasteiger partial charge in [-0.2, -0.15) is 0 Å². The number of nitrogens with zero attached hydrogens (tertiary/aromatic N) is 2. The van der Waals surface area contributed by atoms with Gasteiger partial charge < -0.3 is 10.3 Å². The highest BCUT2D eigenvalue weighted by Crippen LogP contribution is 2.21. The number of anilines is 1. The summed E-state index contributed by atoms with van der Waals surface area (Å²) in [4.78, 5) is 27.2. The summed E-state index contributed by atoms with van der Waals surface area (Å²) < 4.78 is 5.03. The predicted molar refractivity (Wildman–Crippen MR) is 80.5 cm³/mol. The smallest absolute Gasteiger partial charge is 0.296 e. The van der Waals surface area contributed by atoms with Gasteiger partial charge >= 0.3 is 0 Å². The van der Waals surface area contributed by atoms with Crippen LogP contribution in [0.3, 0.4) is 0 Å². The highest BCUT2D eigenvalue weighted by Gasteiger charge is 2.16. The monoisotopic (exact) mass is 314 g/mol. The van der Waals surface area contributed by atoms with Crippen LogP contribution in [0.2, 0.25) is 0 Å². The number of hydrogen-bond acceptors (Lipinski definition) is 6. The van der Waals surface area contributed by atoms with Gasteiger partial charge in [-0.3, -0.25) is 14.9 Å². The van der Waals surface area contributed by atoms with Crippen molar-refractivity contribution in [1.82, 2.24) is 10.1 Å². The summed E-state index contributed by atoms with van der Waals surface area (Å²) in [5, 5.41) is 6.64. The maximum Gasteiger partial charge on any atom is 0.296 e. The molecule has 22 heavy (non-hydrogen) atoms. The zero-order chi connectivity index (χ0) is 15.5. The average molecular weight is 314 g/mol. The van der Waals surface area contributed by atoms with E-state index in [0.717, 1.165) is 16.9 Å². The fraction of sp³-hybridized carbons (Fsp3) is 0. The minimum Gasteiger partial charge on any atom is -0.365 e. The summed E-state index contributed by atoms with van der Waals surface area (Å²) in [6.45, 7) is 0. The van der Waals surface area contributed by atoms with Crippen LogP contribution in [-0.2, 0) is 0 Å². The van der Waals surface area contributed by atoms with Gasteiger partial charge in [0.25, 0.3) is 11.8 Å². The van der Waals surface area contributed by atoms with Gasteiger partial charge in [0.05, 0.1) is 6.20 Å². The van der Waals surface area contributed by atoms with Gasteiger partial charge in [0.15, 0.2) is 5.13 Å². The van der Waals surface area contributed by atoms with E-state index in [1.807, 2.05) is 30.3 Å². The van der Waals surface area contributed by atoms with Gasteiger partial charge in [-0.25, -0.2) is 4.98 Å². The van der Waals surface area contributed by atoms with Crippen LogP contribution in [0.1, 0.15) is 20.2 Å². The van der Waals surface area contributed by atoms with Crippen LogP contribution >= 0.6 is 11.3 Å². The summed E-state index contributed by atoms with van der Waals surface area (Å²) in [7, 11) is 0. The first kappa shape index (κ1) is 14.0. The maximum absolute atomic E-state index is 12.0. The molecule has 8 heteroatoms. The summed E-state index contributed by atoms with van der Waals surface area (Å²) in [5.41, 5.74) is 6.53. The van der Waals surface area contributed by atoms with E-state index in [0.29, 0.717) is 5.69 Å². The first-order valence-corrected chi connectivity index (χ1v) is 7.04. The van der Waals surface area contributed by atoms with Gasteiger partial charge in [0.1, 0.15) is 10.6 Å². The molecule has 0 saturated carbocycles. The van der Waals surface area contributed by atoms with Crippen molar-refractivity contribution < 1.29 is 14.1 Å². The Bertz CT molecular complexity index is 825. The van der Waals surface area contributed by atoms with E-state index in [2.05, 4.69) is 15.5 Å². The van der Waals surface area contributed by atoms with Crippen LogP contribution in [-0.4, -0.2) is 22.0 Å². The van der Waals surface area contributed by atoms with Gasteiger partial charge in [0.2, 0.25) is 5.76 Å². The lowest BCUT2D eigenvalue weighted by Gasteiger charge is -1.95. The van der Waals surface area contributed by atoms with Crippen molar-refractivity contribution in [1.29, 1.82) is 0 Å². The van der Waals surface area contributed by atoms with Crippen LogP contribution in [0.4, 0.5) is 5.13 Å². The second-order valence-corrected chi connectivity index (χ2v) is 5.32. The molecule has 0 fully saturated rings. The van der Waals surface area contributed by atoms with Crippen molar-refractivity contribution in [3.63, 3.8) is 0 Å². The van der Waals surface area contributed by atoms with Crippen LogP contribution in [0.25, 0.3) is 11.3 Å². The molecule has 3 rings (SSSR count). The van der Waals surface area contributed by atoms with E-state index in [4.69, 9.17) is 10.3 Å². The molecule has 2 heterocycles. The zero-order valence-electron chi connectivity index (χ0n) is 11.1. The summed E-state index contributed by atoms with van der Waals surface area (Å²) in [6, 6.07) is 10.9. The molecule has 2 aromatic heterocycles. The molecule has 2 amide bonds. The Hall–Kier alpha value is -3.00. The number of amides is 2. The third-order valence-electron chi connectivity index (χ3n) is 2.77. The molecule has 0 aliphatic rings. The van der Waals surface area contributed by atoms with E-state index >= 15 is 0 Å². The standard InChI is InChI=1S/C14H10N4O3S/c15-12(19)11-7-16-14(22-11)17-13(20)10-6-9(18-21-10)8-4-2-1-3-5-8/h1-7H,(H2,15,19)(H,16,17,20). The third-order valence-corrected chi connectivity index (χ3v) is 3.70. The molecule has 0 saturated heterocycles. The maximum atomic E-state index is 12.0. The van der Waals surface area contributed by atoms with Crippen molar-refractivity contribution in [2.24, 2.45) is 5.73 Å². The normalized spacial score (nSPS) is 10.4. The highest BCUT2D eigenvalue weighted by molar-refractivity contribution is 7.17. The molecular formula is C14H10N4O3S. The number of nitrogens with two attached hydrogens (primary N) is 1. The minimum absolute atomic E-state index is 0.0506. The Kier molecular flexibility index (Phi) is 3.67. The largest absolute Gasteiger partial charge is 0.365 e. The molecule has 7 nitrogen and oxygen atoms in total. The molecule has 110 valence electrons. The van der Waals surface area contributed by atoms with E-state index < -0.39 is 11.8 Å². The van der Waals surface area contributed by atoms with Crippen LogP contribution < -0.4 is 11.1 Å². The average Bonchev–Trinajstić information content (AvgIpc) is 3.17. The fourth-order valence-electron chi connectivity index (χ4n) is 1.73. The molecule has 0 aliphatic heterocycles. The van der Waals surface area contributed by atoms with Crippen molar-refractivity contribution >= 4 is 28.3 Å². The molecule has 0 spiro atoms. The topological polar surface area (TPSA) is 111 Å². The second-order valence-electron chi connectivity index (χ2n) is 4.29. The number of hydrogen-bond donors (Lipinski definition) is 2. The highest BCUT2D eigenvalue weighted by atomic mass is 32.1. The summed E-state index contributed by atoms with van der Waals surface area (Å²) in [6.07, 6.45) is 1.30. The van der Waals surface area contributed by atoms with Gasteiger partial charge in [0, 0.05) is 11.6 Å². The number of nitrogens with one attached hydrogen (secondary N) is 1. The Morgan fingerprint density at radius 3 is 2.68 bits per heavy atom. The molecule has 0 radical (unpaired) electrons. The van der Waals surface area contributed by atoms with Gasteiger partial charge in [-0.1, -0.05) is 46.8 Å². The lowest BCUT2D eigenvalue weighted by Crippen LogP contribution is -2.10. The van der Waals surface area contributed by atoms with E-state index in [9.17, 15) is 9.59 Å². The number of thiazole rings is 1. The molecule has 0 bridgehead atoms. The minimum atomic E-state index is -0.593. The third kappa shape index (κ3) is 2.86. The summed E-state index contributed by atoms with van der Waals surface area (Å²) in [5.74, 6) is -1.04. The number of rotatable bonds is 4. The first-order valence-electron chi connectivity index (χ1n) is 6.22. The number of carbonyl (C=O) groups excluding carboxylic acids is 2. The second kappa shape index (κ2) is 5.78. The molecule has 0 aliphatic carbocycles. The quantitative estimate of drug-likeness (QED) is 0.766. The SMILES string of the molecule is NC(=O)c1cnc(NC(=O)c2cc(-c3ccccc3)no2)s1. The fourth-order valence-corrected chi connectivity index (χ4v) is 2.40. The molecule has 1 aromatic carbocycles. The lowest BCUT2D eigenvalue weighted by molar-refractivity contribution is 0.0984. The van der Waals surface area contributed by atoms with E-state index in [1.165, 1.54) is 12.3 Å². The van der Waals surface area contributed by atoms with Crippen LogP contribution in [0.15, 0.2) is 47.1 Å². The van der Waals surface area contributed by atoms with E-state index in [-0.39, 0.29) is 15.8 Å². The molecule has 0 atom stereocenters. The van der Waals surface area contributed by atoms with E-state index in [1.54, 1.807) is 0 Å². The Morgan fingerprint density at radius 2 is 2.00 bits per heavy atom. The Balaban J connectivity index is 1.75. The molecular weight excluding hydrogens is 304 g/mol. The Morgan fingerprint density at radius 1 is 1.23 bits per heavy atom. The van der Waals surface area contributed by atoms with Crippen molar-refractivity contribution in [2.75, 3.05) is 5.32 Å². The van der Waals surface area contributed by atoms with Crippen molar-refractivity contribution in [3.8, 4) is 11.3 Å². The van der Waals surface area contributed by atoms with Crippen LogP contribution in [0.5, 0.6) is 0 Å². The van der Waals surface area contributed by atoms with Gasteiger partial charge in [-0.15, -0.1) is 0 Å². The number of benzene rings is 1. The molecule has 3 N–H and O–H groups in total. The number of aromatic nitrogens is 2. The number of carbonyl (C=O) groups is 2. The first-order chi connectivity index (χ1) is 10.6. The predicted octanol–water partition coefficient (Wildman–Crippen LogP) is 2.15. The zero-order valence-corrected chi connectivity index (χ0v) is 12.0. The molecule has 0 unspecified atom stereocenters. The summed E-state index contributed by atoms with van der Waals surface area (Å²) >= 11 is 0.987. The molecule has 3 aromatic rings. The Labute approximate surface area is 128 Å². The van der Waals surface area contributed by atoms with Gasteiger partial charge in [-0.05, 0) is 0 Å². The van der Waals surface area contributed by atoms with Crippen molar-refractivity contribution in [2.45, 2.75) is 0 Å². The lowest BCUT2D eigenvalue weighted by atomic mass is 10.1. The van der Waals surface area contributed by atoms with Crippen molar-refractivity contribution in [3.05, 3.63) is 53.2 Å².